The Balaban J connectivity index is 1.26. The van der Waals surface area contributed by atoms with Gasteiger partial charge < -0.3 is 14.7 Å². The highest BCUT2D eigenvalue weighted by Gasteiger charge is 2.42. The van der Waals surface area contributed by atoms with Crippen molar-refractivity contribution in [2.75, 3.05) is 37.6 Å². The zero-order valence-electron chi connectivity index (χ0n) is 13.9. The molecule has 3 aliphatic rings. The third kappa shape index (κ3) is 3.33. The van der Waals surface area contributed by atoms with Crippen molar-refractivity contribution in [2.24, 2.45) is 0 Å². The summed E-state index contributed by atoms with van der Waals surface area (Å²) in [6.07, 6.45) is 8.28. The summed E-state index contributed by atoms with van der Waals surface area (Å²) in [6, 6.07) is 7.56. The molecule has 1 atom stereocenters. The fourth-order valence-electron chi connectivity index (χ4n) is 4.55. The Kier molecular flexibility index (Phi) is 4.20. The van der Waals surface area contributed by atoms with Crippen LogP contribution in [-0.4, -0.2) is 54.4 Å². The molecule has 1 aliphatic carbocycles. The lowest BCUT2D eigenvalue weighted by molar-refractivity contribution is -0.0476. The van der Waals surface area contributed by atoms with Gasteiger partial charge in [-0.25, -0.2) is 0 Å². The van der Waals surface area contributed by atoms with Crippen LogP contribution in [0.1, 0.15) is 38.5 Å². The normalized spacial score (nSPS) is 27.8. The van der Waals surface area contributed by atoms with Crippen LogP contribution in [0.5, 0.6) is 5.75 Å². The SMILES string of the molecule is Oc1ccc(N2CCN(CC3CCC4(CCCC4)O3)CC2)cc1. The van der Waals surface area contributed by atoms with E-state index in [9.17, 15) is 5.11 Å². The molecule has 3 fully saturated rings. The number of rotatable bonds is 3. The fourth-order valence-corrected chi connectivity index (χ4v) is 4.55. The van der Waals surface area contributed by atoms with Crippen molar-refractivity contribution in [1.82, 2.24) is 4.90 Å². The highest BCUT2D eigenvalue weighted by atomic mass is 16.5. The summed E-state index contributed by atoms with van der Waals surface area (Å²) in [7, 11) is 0. The van der Waals surface area contributed by atoms with Crippen molar-refractivity contribution >= 4 is 5.69 Å². The molecular formula is C19H28N2O2. The van der Waals surface area contributed by atoms with Gasteiger partial charge in [0.15, 0.2) is 0 Å². The first kappa shape index (κ1) is 15.3. The third-order valence-corrected chi connectivity index (χ3v) is 5.90. The van der Waals surface area contributed by atoms with E-state index in [4.69, 9.17) is 4.74 Å². The van der Waals surface area contributed by atoms with Crippen LogP contribution in [0.4, 0.5) is 5.69 Å². The molecular weight excluding hydrogens is 288 g/mol. The molecule has 2 heterocycles. The predicted molar refractivity (Wildman–Crippen MR) is 92.1 cm³/mol. The molecule has 1 saturated carbocycles. The Hall–Kier alpha value is -1.26. The van der Waals surface area contributed by atoms with Crippen LogP contribution in [0.3, 0.4) is 0 Å². The van der Waals surface area contributed by atoms with Crippen LogP contribution in [0.15, 0.2) is 24.3 Å². The fraction of sp³-hybridized carbons (Fsp3) is 0.684. The lowest BCUT2D eigenvalue weighted by atomic mass is 9.98. The molecule has 1 spiro atoms. The Morgan fingerprint density at radius 2 is 1.70 bits per heavy atom. The molecule has 1 N–H and O–H groups in total. The molecule has 23 heavy (non-hydrogen) atoms. The van der Waals surface area contributed by atoms with E-state index >= 15 is 0 Å². The number of benzene rings is 1. The van der Waals surface area contributed by atoms with Crippen molar-refractivity contribution in [3.8, 4) is 5.75 Å². The Morgan fingerprint density at radius 3 is 2.39 bits per heavy atom. The lowest BCUT2D eigenvalue weighted by Crippen LogP contribution is -2.48. The van der Waals surface area contributed by atoms with Gasteiger partial charge in [0.2, 0.25) is 0 Å². The van der Waals surface area contributed by atoms with Crippen LogP contribution < -0.4 is 4.90 Å². The molecule has 0 aromatic heterocycles. The number of phenolic OH excluding ortho intramolecular Hbond substituents is 1. The first-order valence-corrected chi connectivity index (χ1v) is 9.17. The number of ether oxygens (including phenoxy) is 1. The summed E-state index contributed by atoms with van der Waals surface area (Å²) in [5, 5.41) is 9.40. The monoisotopic (exact) mass is 316 g/mol. The van der Waals surface area contributed by atoms with E-state index in [1.54, 1.807) is 12.1 Å². The second-order valence-electron chi connectivity index (χ2n) is 7.47. The third-order valence-electron chi connectivity index (χ3n) is 5.90. The maximum atomic E-state index is 9.40. The molecule has 1 aromatic carbocycles. The van der Waals surface area contributed by atoms with Gasteiger partial charge in [-0.1, -0.05) is 12.8 Å². The zero-order valence-corrected chi connectivity index (χ0v) is 13.9. The topological polar surface area (TPSA) is 35.9 Å². The van der Waals surface area contributed by atoms with Crippen LogP contribution in [-0.2, 0) is 4.74 Å². The number of anilines is 1. The predicted octanol–water partition coefficient (Wildman–Crippen LogP) is 3.01. The van der Waals surface area contributed by atoms with E-state index in [1.807, 2.05) is 12.1 Å². The van der Waals surface area contributed by atoms with E-state index in [-0.39, 0.29) is 5.60 Å². The van der Waals surface area contributed by atoms with Gasteiger partial charge >= 0.3 is 0 Å². The van der Waals surface area contributed by atoms with Gasteiger partial charge in [0.25, 0.3) is 0 Å². The molecule has 0 radical (unpaired) electrons. The zero-order chi connectivity index (χ0) is 15.7. The van der Waals surface area contributed by atoms with E-state index in [0.29, 0.717) is 11.9 Å². The Morgan fingerprint density at radius 1 is 1.00 bits per heavy atom. The first-order valence-electron chi connectivity index (χ1n) is 9.17. The molecule has 126 valence electrons. The van der Waals surface area contributed by atoms with Crippen LogP contribution in [0.25, 0.3) is 0 Å². The van der Waals surface area contributed by atoms with E-state index < -0.39 is 0 Å². The number of hydrogen-bond acceptors (Lipinski definition) is 4. The van der Waals surface area contributed by atoms with Gasteiger partial charge in [-0.3, -0.25) is 4.90 Å². The van der Waals surface area contributed by atoms with Crippen molar-refractivity contribution in [1.29, 1.82) is 0 Å². The summed E-state index contributed by atoms with van der Waals surface area (Å²) in [6.45, 7) is 5.43. The van der Waals surface area contributed by atoms with Gasteiger partial charge in [-0.15, -0.1) is 0 Å². The molecule has 4 rings (SSSR count). The van der Waals surface area contributed by atoms with E-state index in [0.717, 1.165) is 32.7 Å². The second kappa shape index (κ2) is 6.33. The smallest absolute Gasteiger partial charge is 0.115 e. The standard InChI is InChI=1S/C19H28N2O2/c22-17-5-3-16(4-6-17)21-13-11-20(12-14-21)15-18-7-10-19(23-18)8-1-2-9-19/h3-6,18,22H,1-2,7-15H2. The van der Waals surface area contributed by atoms with Gasteiger partial charge in [-0.05, 0) is 49.9 Å². The minimum Gasteiger partial charge on any atom is -0.508 e. The minimum absolute atomic E-state index is 0.262. The summed E-state index contributed by atoms with van der Waals surface area (Å²) in [4.78, 5) is 4.97. The largest absolute Gasteiger partial charge is 0.508 e. The summed E-state index contributed by atoms with van der Waals surface area (Å²) in [5.41, 5.74) is 1.47. The summed E-state index contributed by atoms with van der Waals surface area (Å²) in [5.74, 6) is 0.339. The van der Waals surface area contributed by atoms with Gasteiger partial charge in [0.05, 0.1) is 11.7 Å². The molecule has 4 nitrogen and oxygen atoms in total. The van der Waals surface area contributed by atoms with Gasteiger partial charge in [-0.2, -0.15) is 0 Å². The molecule has 0 bridgehead atoms. The molecule has 1 aromatic rings. The number of aromatic hydroxyl groups is 1. The molecule has 0 amide bonds. The van der Waals surface area contributed by atoms with Crippen molar-refractivity contribution in [3.05, 3.63) is 24.3 Å². The summed E-state index contributed by atoms with van der Waals surface area (Å²) >= 11 is 0. The summed E-state index contributed by atoms with van der Waals surface area (Å²) < 4.78 is 6.45. The average Bonchev–Trinajstić information content (AvgIpc) is 3.19. The molecule has 1 unspecified atom stereocenters. The van der Waals surface area contributed by atoms with Crippen LogP contribution in [0.2, 0.25) is 0 Å². The number of nitrogens with zero attached hydrogens (tertiary/aromatic N) is 2. The highest BCUT2D eigenvalue weighted by Crippen LogP contribution is 2.43. The molecule has 4 heteroatoms. The first-order chi connectivity index (χ1) is 11.2. The molecule has 2 aliphatic heterocycles. The highest BCUT2D eigenvalue weighted by molar-refractivity contribution is 5.49. The van der Waals surface area contributed by atoms with Gasteiger partial charge in [0, 0.05) is 38.4 Å². The lowest BCUT2D eigenvalue weighted by Gasteiger charge is -2.37. The molecule has 2 saturated heterocycles. The number of phenols is 1. The maximum Gasteiger partial charge on any atom is 0.115 e. The Labute approximate surface area is 139 Å². The minimum atomic E-state index is 0.262. The van der Waals surface area contributed by atoms with Crippen LogP contribution in [0, 0.1) is 0 Å². The van der Waals surface area contributed by atoms with Gasteiger partial charge in [0.1, 0.15) is 5.75 Å². The van der Waals surface area contributed by atoms with E-state index in [1.165, 1.54) is 44.2 Å². The van der Waals surface area contributed by atoms with Crippen molar-refractivity contribution in [2.45, 2.75) is 50.2 Å². The Bertz CT molecular complexity index is 517. The van der Waals surface area contributed by atoms with Crippen molar-refractivity contribution in [3.63, 3.8) is 0 Å². The van der Waals surface area contributed by atoms with Crippen molar-refractivity contribution < 1.29 is 9.84 Å². The van der Waals surface area contributed by atoms with Crippen LogP contribution >= 0.6 is 0 Å². The number of piperazine rings is 1. The quantitative estimate of drug-likeness (QED) is 0.930. The average molecular weight is 316 g/mol. The second-order valence-corrected chi connectivity index (χ2v) is 7.47. The number of hydrogen-bond donors (Lipinski definition) is 1. The van der Waals surface area contributed by atoms with E-state index in [2.05, 4.69) is 9.80 Å². The maximum absolute atomic E-state index is 9.40.